The molecule has 1 aromatic carbocycles. The monoisotopic (exact) mass is 330 g/mol. The maximum Gasteiger partial charge on any atom is 0.191 e. The van der Waals surface area contributed by atoms with Gasteiger partial charge in [-0.05, 0) is 38.8 Å². The molecule has 0 spiro atoms. The zero-order valence-corrected chi connectivity index (χ0v) is 15.3. The number of aromatic nitrogens is 1. The summed E-state index contributed by atoms with van der Waals surface area (Å²) >= 11 is 1.78. The molecule has 1 aromatic heterocycles. The third-order valence-corrected chi connectivity index (χ3v) is 4.79. The van der Waals surface area contributed by atoms with E-state index in [1.54, 1.807) is 11.3 Å². The average Bonchev–Trinajstić information content (AvgIpc) is 2.84. The normalized spacial score (nSPS) is 11.6. The van der Waals surface area contributed by atoms with Crippen LogP contribution in [-0.2, 0) is 13.0 Å². The highest BCUT2D eigenvalue weighted by Crippen LogP contribution is 2.17. The van der Waals surface area contributed by atoms with E-state index in [0.717, 1.165) is 36.2 Å². The Bertz CT molecular complexity index is 661. The van der Waals surface area contributed by atoms with E-state index in [1.165, 1.54) is 16.0 Å². The Morgan fingerprint density at radius 2 is 1.96 bits per heavy atom. The van der Waals surface area contributed by atoms with E-state index in [4.69, 9.17) is 0 Å². The largest absolute Gasteiger partial charge is 0.357 e. The summed E-state index contributed by atoms with van der Waals surface area (Å²) in [6.07, 6.45) is 0.978. The average molecular weight is 331 g/mol. The van der Waals surface area contributed by atoms with E-state index < -0.39 is 0 Å². The first-order valence-electron chi connectivity index (χ1n) is 8.09. The molecule has 4 nitrogen and oxygen atoms in total. The summed E-state index contributed by atoms with van der Waals surface area (Å²) in [7, 11) is 0. The van der Waals surface area contributed by atoms with Crippen molar-refractivity contribution in [1.82, 2.24) is 15.6 Å². The van der Waals surface area contributed by atoms with Crippen LogP contribution in [0.5, 0.6) is 0 Å². The number of rotatable bonds is 6. The molecular formula is C18H26N4S. The molecule has 23 heavy (non-hydrogen) atoms. The Balaban J connectivity index is 1.91. The molecule has 0 atom stereocenters. The Morgan fingerprint density at radius 3 is 2.61 bits per heavy atom. The summed E-state index contributed by atoms with van der Waals surface area (Å²) in [6.45, 7) is 10.8. The number of aliphatic imine (C=N–C) groups is 1. The molecule has 0 aliphatic rings. The molecule has 0 saturated heterocycles. The topological polar surface area (TPSA) is 49.3 Å². The lowest BCUT2D eigenvalue weighted by Gasteiger charge is -2.11. The van der Waals surface area contributed by atoms with Gasteiger partial charge in [0.1, 0.15) is 0 Å². The van der Waals surface area contributed by atoms with Crippen molar-refractivity contribution in [2.75, 3.05) is 13.1 Å². The minimum atomic E-state index is 0.695. The van der Waals surface area contributed by atoms with Crippen LogP contribution in [-0.4, -0.2) is 24.0 Å². The van der Waals surface area contributed by atoms with Crippen LogP contribution in [0.25, 0.3) is 0 Å². The van der Waals surface area contributed by atoms with Crippen molar-refractivity contribution in [3.8, 4) is 0 Å². The zero-order valence-electron chi connectivity index (χ0n) is 14.4. The zero-order chi connectivity index (χ0) is 16.7. The summed E-state index contributed by atoms with van der Waals surface area (Å²) in [4.78, 5) is 10.5. The molecule has 1 heterocycles. The number of thiazole rings is 1. The highest BCUT2D eigenvalue weighted by molar-refractivity contribution is 7.11. The Kier molecular flexibility index (Phi) is 6.59. The van der Waals surface area contributed by atoms with E-state index in [1.807, 2.05) is 0 Å². The fourth-order valence-electron chi connectivity index (χ4n) is 2.39. The Morgan fingerprint density at radius 1 is 1.17 bits per heavy atom. The molecular weight excluding hydrogens is 304 g/mol. The van der Waals surface area contributed by atoms with Gasteiger partial charge in [0.15, 0.2) is 5.96 Å². The number of benzene rings is 1. The summed E-state index contributed by atoms with van der Waals surface area (Å²) in [6, 6.07) is 8.38. The predicted molar refractivity (Wildman–Crippen MR) is 99.3 cm³/mol. The molecule has 0 radical (unpaired) electrons. The van der Waals surface area contributed by atoms with Crippen LogP contribution in [0.3, 0.4) is 0 Å². The van der Waals surface area contributed by atoms with Gasteiger partial charge < -0.3 is 10.6 Å². The van der Waals surface area contributed by atoms with Crippen molar-refractivity contribution in [2.45, 2.75) is 40.7 Å². The summed E-state index contributed by atoms with van der Waals surface area (Å²) in [5, 5.41) is 7.85. The molecule has 0 aliphatic heterocycles. The van der Waals surface area contributed by atoms with E-state index >= 15 is 0 Å². The van der Waals surface area contributed by atoms with E-state index in [-0.39, 0.29) is 0 Å². The van der Waals surface area contributed by atoms with Crippen molar-refractivity contribution in [1.29, 1.82) is 0 Å². The van der Waals surface area contributed by atoms with Crippen LogP contribution in [0.2, 0.25) is 0 Å². The standard InChI is InChI=1S/C18H26N4S/c1-5-19-18(21-12-16-9-7-6-8-13(16)2)20-11-10-17-14(3)22-15(4)23-17/h6-9H,5,10-12H2,1-4H3,(H2,19,20,21). The van der Waals surface area contributed by atoms with E-state index in [0.29, 0.717) is 6.54 Å². The lowest BCUT2D eigenvalue weighted by atomic mass is 10.1. The first kappa shape index (κ1) is 17.5. The first-order chi connectivity index (χ1) is 11.1. The van der Waals surface area contributed by atoms with E-state index in [2.05, 4.69) is 72.6 Å². The van der Waals surface area contributed by atoms with Crippen molar-refractivity contribution in [2.24, 2.45) is 4.99 Å². The molecule has 0 saturated carbocycles. The highest BCUT2D eigenvalue weighted by Gasteiger charge is 2.05. The quantitative estimate of drug-likeness (QED) is 0.631. The number of nitrogens with zero attached hydrogens (tertiary/aromatic N) is 2. The van der Waals surface area contributed by atoms with Gasteiger partial charge in [-0.3, -0.25) is 0 Å². The lowest BCUT2D eigenvalue weighted by Crippen LogP contribution is -2.38. The minimum absolute atomic E-state index is 0.695. The van der Waals surface area contributed by atoms with Crippen molar-refractivity contribution in [3.05, 3.63) is 51.0 Å². The molecule has 0 fully saturated rings. The van der Waals surface area contributed by atoms with Crippen LogP contribution in [0.4, 0.5) is 0 Å². The molecule has 2 rings (SSSR count). The van der Waals surface area contributed by atoms with Crippen LogP contribution in [0.15, 0.2) is 29.3 Å². The van der Waals surface area contributed by atoms with Crippen molar-refractivity contribution >= 4 is 17.3 Å². The molecule has 2 aromatic rings. The van der Waals surface area contributed by atoms with Crippen LogP contribution >= 0.6 is 11.3 Å². The van der Waals surface area contributed by atoms with Crippen LogP contribution in [0, 0.1) is 20.8 Å². The predicted octanol–water partition coefficient (Wildman–Crippen LogP) is 3.37. The maximum absolute atomic E-state index is 4.69. The molecule has 5 heteroatoms. The van der Waals surface area contributed by atoms with Gasteiger partial charge in [0.25, 0.3) is 0 Å². The summed E-state index contributed by atoms with van der Waals surface area (Å²) in [5.41, 5.74) is 3.69. The molecule has 0 aliphatic carbocycles. The fourth-order valence-corrected chi connectivity index (χ4v) is 3.33. The molecule has 0 unspecified atom stereocenters. The lowest BCUT2D eigenvalue weighted by molar-refractivity contribution is 0.801. The molecule has 0 bridgehead atoms. The Labute approximate surface area is 143 Å². The Hall–Kier alpha value is -1.88. The second-order valence-corrected chi connectivity index (χ2v) is 6.83. The fraction of sp³-hybridized carbons (Fsp3) is 0.444. The molecule has 2 N–H and O–H groups in total. The van der Waals surface area contributed by atoms with Gasteiger partial charge in [0, 0.05) is 24.4 Å². The third-order valence-electron chi connectivity index (χ3n) is 3.66. The second kappa shape index (κ2) is 8.67. The number of hydrogen-bond donors (Lipinski definition) is 2. The van der Waals surface area contributed by atoms with Gasteiger partial charge in [-0.25, -0.2) is 9.98 Å². The van der Waals surface area contributed by atoms with Gasteiger partial charge >= 0.3 is 0 Å². The van der Waals surface area contributed by atoms with E-state index in [9.17, 15) is 0 Å². The van der Waals surface area contributed by atoms with Crippen LogP contribution < -0.4 is 10.6 Å². The summed E-state index contributed by atoms with van der Waals surface area (Å²) < 4.78 is 0. The van der Waals surface area contributed by atoms with Gasteiger partial charge in [-0.1, -0.05) is 24.3 Å². The smallest absolute Gasteiger partial charge is 0.191 e. The minimum Gasteiger partial charge on any atom is -0.357 e. The first-order valence-corrected chi connectivity index (χ1v) is 8.91. The number of nitrogens with one attached hydrogen (secondary N) is 2. The number of guanidine groups is 1. The van der Waals surface area contributed by atoms with Crippen molar-refractivity contribution < 1.29 is 0 Å². The van der Waals surface area contributed by atoms with Gasteiger partial charge in [0.05, 0.1) is 17.2 Å². The SMILES string of the molecule is CCNC(=NCc1ccccc1C)NCCc1sc(C)nc1C. The number of hydrogen-bond acceptors (Lipinski definition) is 3. The molecule has 0 amide bonds. The highest BCUT2D eigenvalue weighted by atomic mass is 32.1. The third kappa shape index (κ3) is 5.36. The van der Waals surface area contributed by atoms with Gasteiger partial charge in [-0.2, -0.15) is 0 Å². The van der Waals surface area contributed by atoms with Gasteiger partial charge in [0.2, 0.25) is 0 Å². The number of aryl methyl sites for hydroxylation is 3. The maximum atomic E-state index is 4.69. The van der Waals surface area contributed by atoms with Gasteiger partial charge in [-0.15, -0.1) is 11.3 Å². The van der Waals surface area contributed by atoms with Crippen LogP contribution in [0.1, 0.15) is 33.6 Å². The second-order valence-electron chi connectivity index (χ2n) is 5.54. The summed E-state index contributed by atoms with van der Waals surface area (Å²) in [5.74, 6) is 0.870. The van der Waals surface area contributed by atoms with Crippen molar-refractivity contribution in [3.63, 3.8) is 0 Å². The molecule has 124 valence electrons.